The van der Waals surface area contributed by atoms with Gasteiger partial charge in [0, 0.05) is 62.2 Å². The zero-order chi connectivity index (χ0) is 62.8. The molecule has 2 heterocycles. The smallest absolute Gasteiger partial charge is 0.326 e. The van der Waals surface area contributed by atoms with Gasteiger partial charge < -0.3 is 57.7 Å². The second-order valence-corrected chi connectivity index (χ2v) is 22.0. The Bertz CT molecular complexity index is 2610. The lowest BCUT2D eigenvalue weighted by Crippen LogP contribution is -2.63. The van der Waals surface area contributed by atoms with Crippen molar-refractivity contribution in [3.8, 4) is 11.1 Å². The predicted molar refractivity (Wildman–Crippen MR) is 313 cm³/mol. The van der Waals surface area contributed by atoms with Crippen molar-refractivity contribution in [1.29, 1.82) is 0 Å². The van der Waals surface area contributed by atoms with Crippen molar-refractivity contribution in [1.82, 2.24) is 41.0 Å². The minimum atomic E-state index is -1.42. The lowest BCUT2D eigenvalue weighted by atomic mass is 9.82. The number of nitrogens with two attached hydrogens (primary N) is 2. The van der Waals surface area contributed by atoms with Gasteiger partial charge in [0.15, 0.2) is 0 Å². The Morgan fingerprint density at radius 1 is 0.747 bits per heavy atom. The molecule has 1 aromatic heterocycles. The number of likely N-dealkylation sites (tertiary alicyclic amines) is 1. The van der Waals surface area contributed by atoms with Crippen molar-refractivity contribution in [3.05, 3.63) is 83.7 Å². The van der Waals surface area contributed by atoms with Gasteiger partial charge in [0.1, 0.15) is 41.8 Å². The zero-order valence-electron chi connectivity index (χ0n) is 50.4. The van der Waals surface area contributed by atoms with Crippen molar-refractivity contribution in [2.24, 2.45) is 28.2 Å². The van der Waals surface area contributed by atoms with E-state index in [1.54, 1.807) is 40.0 Å². The molecule has 1 aliphatic heterocycles. The number of imide groups is 1. The first-order valence-corrected chi connectivity index (χ1v) is 28.8. The van der Waals surface area contributed by atoms with Crippen LogP contribution in [0, 0.1) is 28.4 Å². The van der Waals surface area contributed by atoms with Crippen LogP contribution in [0.5, 0.6) is 0 Å². The summed E-state index contributed by atoms with van der Waals surface area (Å²) in [6.07, 6.45) is 3.65. The number of aliphatic hydroxyl groups is 1. The summed E-state index contributed by atoms with van der Waals surface area (Å²) in [5, 5.41) is 33.3. The van der Waals surface area contributed by atoms with E-state index in [1.165, 1.54) is 9.80 Å². The third-order valence-electron chi connectivity index (χ3n) is 13.8. The number of nitrogens with one attached hydrogen (secondary N) is 5. The number of carbonyl (C=O) groups excluding carboxylic acids is 8. The van der Waals surface area contributed by atoms with E-state index in [9.17, 15) is 57.8 Å². The number of aliphatic carboxylic acids is 1. The number of nitrogens with zero attached hydrogens (tertiary/aromatic N) is 3. The van der Waals surface area contributed by atoms with E-state index in [-0.39, 0.29) is 88.5 Å². The summed E-state index contributed by atoms with van der Waals surface area (Å²) in [5.41, 5.74) is 11.7. The Hall–Kier alpha value is -7.27. The summed E-state index contributed by atoms with van der Waals surface area (Å²) in [6.45, 7) is 19.9. The highest BCUT2D eigenvalue weighted by atomic mass is 19.1. The van der Waals surface area contributed by atoms with E-state index >= 15 is 4.39 Å². The van der Waals surface area contributed by atoms with Gasteiger partial charge in [-0.05, 0) is 106 Å². The van der Waals surface area contributed by atoms with Crippen LogP contribution in [0.15, 0.2) is 60.8 Å². The second-order valence-electron chi connectivity index (χ2n) is 22.0. The first-order chi connectivity index (χ1) is 39.2. The number of unbranched alkanes of at least 4 members (excludes halogenated alkanes) is 3. The first-order valence-electron chi connectivity index (χ1n) is 28.8. The fourth-order valence-corrected chi connectivity index (χ4v) is 9.43. The highest BCUT2D eigenvalue weighted by molar-refractivity contribution is 6.20. The highest BCUT2D eigenvalue weighted by Crippen LogP contribution is 2.41. The summed E-state index contributed by atoms with van der Waals surface area (Å²) in [7, 11) is 0. The number of aromatic nitrogens is 1. The molecule has 0 aliphatic carbocycles. The predicted octanol–water partition coefficient (Wildman–Crippen LogP) is 6.04. The van der Waals surface area contributed by atoms with E-state index in [2.05, 4.69) is 26.6 Å². The maximum atomic E-state index is 15.2. The molecule has 0 spiro atoms. The number of β-lactam (4-membered cyclic amide) rings is 2. The lowest BCUT2D eigenvalue weighted by molar-refractivity contribution is -0.174. The Labute approximate surface area is 487 Å². The number of halogens is 2. The number of rotatable bonds is 32. The molecule has 21 nitrogen and oxygen atoms in total. The molecule has 462 valence electrons. The normalized spacial score (nSPS) is 14.4. The van der Waals surface area contributed by atoms with Crippen molar-refractivity contribution < 1.29 is 62.1 Å². The average molecular weight is 1170 g/mol. The molecule has 23 heteroatoms. The average Bonchev–Trinajstić information content (AvgIpc) is 4.05. The fraction of sp³-hybridized carbons (Fsp3) is 0.583. The molecule has 3 aromatic rings. The van der Waals surface area contributed by atoms with Gasteiger partial charge in [-0.3, -0.25) is 38.5 Å². The van der Waals surface area contributed by atoms with E-state index < -0.39 is 107 Å². The molecule has 0 radical (unpaired) electrons. The summed E-state index contributed by atoms with van der Waals surface area (Å²) in [6, 6.07) is 7.76. The van der Waals surface area contributed by atoms with Crippen LogP contribution in [-0.4, -0.2) is 135 Å². The third-order valence-corrected chi connectivity index (χ3v) is 13.8. The van der Waals surface area contributed by atoms with Crippen LogP contribution in [-0.2, 0) is 44.9 Å². The van der Waals surface area contributed by atoms with Gasteiger partial charge in [0.2, 0.25) is 41.4 Å². The lowest BCUT2D eigenvalue weighted by Gasteiger charge is -2.41. The number of aliphatic hydroxyl groups excluding tert-OH is 1. The fourth-order valence-electron chi connectivity index (χ4n) is 9.43. The second kappa shape index (κ2) is 35.0. The minimum Gasteiger partial charge on any atom is -0.480 e. The van der Waals surface area contributed by atoms with Crippen LogP contribution in [0.3, 0.4) is 0 Å². The summed E-state index contributed by atoms with van der Waals surface area (Å²) in [4.78, 5) is 118. The summed E-state index contributed by atoms with van der Waals surface area (Å²) < 4.78 is 31.5. The molecular formula is C60H92F2N10O11. The SMILES string of the molecule is CC.CC.CC(C)[C@H](NC(=O)CCCCCN1C(=O)C(C)(C)C1=O)C(=O)NC(CCCNC(N)=O)C(=O)NC(CCCCNC(=O)C(N)CCN(C(=O)CO)C(c1cc(-c2cc(F)ccc2F)cn1Cc1ccccc1)C(C)(C)C)C(=O)O. The van der Waals surface area contributed by atoms with Crippen LogP contribution in [0.1, 0.15) is 158 Å². The van der Waals surface area contributed by atoms with Crippen LogP contribution in [0.4, 0.5) is 13.6 Å². The standard InChI is InChI=1S/C56H80F2N10O11.2C2H6/c1-34(2)46(65-44(70)21-12-9-15-27-68-52(77)56(6,7)53(68)78)50(74)63-41(20-16-26-62-54(60)79)49(73)64-42(51(75)76)19-13-14-25-61-48(72)40(59)24-28-67(45(71)33-69)47(55(3,4)5)43-29-36(38-30-37(57)22-23-39(38)58)32-66(43)31-35-17-10-8-11-18-35;2*1-2/h8,10-11,17-18,22-23,29-30,32,34,40-42,46-47,69H,9,12-16,19-21,24-28,31,33,59H2,1-7H3,(H,61,72)(H,63,74)(H,64,73)(H,65,70)(H,75,76)(H3,60,62,79);2*1-2H3/t40?,41?,42?,46-,47?;;/m0../s1. The molecule has 0 saturated carbocycles. The molecular weight excluding hydrogens is 1070 g/mol. The maximum absolute atomic E-state index is 15.2. The molecule has 1 aliphatic rings. The number of carbonyl (C=O) groups is 9. The van der Waals surface area contributed by atoms with Gasteiger partial charge in [-0.2, -0.15) is 0 Å². The van der Waals surface area contributed by atoms with Gasteiger partial charge in [0.25, 0.3) is 0 Å². The van der Waals surface area contributed by atoms with E-state index in [1.807, 2.05) is 83.4 Å². The van der Waals surface area contributed by atoms with Crippen molar-refractivity contribution in [2.45, 2.75) is 177 Å². The Morgan fingerprint density at radius 3 is 1.95 bits per heavy atom. The highest BCUT2D eigenvalue weighted by Gasteiger charge is 2.53. The molecule has 4 unspecified atom stereocenters. The Morgan fingerprint density at radius 2 is 1.36 bits per heavy atom. The van der Waals surface area contributed by atoms with Gasteiger partial charge in [-0.25, -0.2) is 18.4 Å². The molecule has 83 heavy (non-hydrogen) atoms. The number of amides is 9. The van der Waals surface area contributed by atoms with Crippen molar-refractivity contribution in [3.63, 3.8) is 0 Å². The molecule has 4 rings (SSSR count). The van der Waals surface area contributed by atoms with Crippen LogP contribution in [0.2, 0.25) is 0 Å². The monoisotopic (exact) mass is 1170 g/mol. The molecule has 5 atom stereocenters. The van der Waals surface area contributed by atoms with Crippen molar-refractivity contribution in [2.75, 3.05) is 32.8 Å². The van der Waals surface area contributed by atoms with Gasteiger partial charge in [0.05, 0.1) is 12.1 Å². The van der Waals surface area contributed by atoms with Gasteiger partial charge in [-0.15, -0.1) is 0 Å². The Kier molecular flexibility index (Phi) is 30.3. The number of benzene rings is 2. The van der Waals surface area contributed by atoms with Crippen LogP contribution < -0.4 is 38.1 Å². The van der Waals surface area contributed by atoms with Gasteiger partial charge >= 0.3 is 12.0 Å². The molecule has 1 fully saturated rings. The number of hydrogen-bond acceptors (Lipinski definition) is 11. The zero-order valence-corrected chi connectivity index (χ0v) is 50.4. The number of primary amides is 1. The van der Waals surface area contributed by atoms with Crippen LogP contribution >= 0.6 is 0 Å². The largest absolute Gasteiger partial charge is 0.480 e. The number of carboxylic acids is 1. The van der Waals surface area contributed by atoms with Gasteiger partial charge in [-0.1, -0.05) is 99.1 Å². The minimum absolute atomic E-state index is 0.0193. The van der Waals surface area contributed by atoms with E-state index in [0.29, 0.717) is 37.1 Å². The Balaban J connectivity index is 0.00000575. The maximum Gasteiger partial charge on any atom is 0.326 e. The quantitative estimate of drug-likeness (QED) is 0.0196. The number of urea groups is 1. The molecule has 1 saturated heterocycles. The molecule has 0 bridgehead atoms. The van der Waals surface area contributed by atoms with E-state index in [4.69, 9.17) is 11.5 Å². The molecule has 2 aromatic carbocycles. The molecule has 11 N–H and O–H groups in total. The van der Waals surface area contributed by atoms with Crippen molar-refractivity contribution >= 4 is 53.4 Å². The summed E-state index contributed by atoms with van der Waals surface area (Å²) >= 11 is 0. The molecule has 9 amide bonds. The van der Waals surface area contributed by atoms with E-state index in [0.717, 1.165) is 23.8 Å². The topological polar surface area (TPSA) is 318 Å². The number of hydrogen-bond donors (Lipinski definition) is 9. The third kappa shape index (κ3) is 22.1. The first kappa shape index (κ1) is 71.8. The summed E-state index contributed by atoms with van der Waals surface area (Å²) in [5.74, 6) is -6.75. The number of carboxylic acid groups (broad SMARTS) is 1. The van der Waals surface area contributed by atoms with Crippen LogP contribution in [0.25, 0.3) is 11.1 Å².